The first-order valence-corrected chi connectivity index (χ1v) is 10.3. The minimum absolute atomic E-state index is 0.115. The van der Waals surface area contributed by atoms with Crippen molar-refractivity contribution >= 4 is 17.7 Å². The molecule has 7 nitrogen and oxygen atoms in total. The number of piperazine rings is 1. The minimum atomic E-state index is 0.115. The normalized spacial score (nSPS) is 17.6. The van der Waals surface area contributed by atoms with Crippen LogP contribution in [0.4, 0.5) is 11.8 Å². The molecular formula is C22H29N5O2. The molecule has 1 aromatic heterocycles. The van der Waals surface area contributed by atoms with Gasteiger partial charge in [0.15, 0.2) is 0 Å². The number of carbonyl (C=O) groups is 1. The number of carbonyl (C=O) groups excluding carboxylic acids is 1. The Morgan fingerprint density at radius 1 is 0.828 bits per heavy atom. The Hall–Kier alpha value is -2.67. The molecule has 0 aliphatic carbocycles. The molecule has 4 rings (SSSR count). The molecule has 1 aromatic carbocycles. The number of benzene rings is 1. The molecule has 7 heteroatoms. The number of aromatic nitrogens is 2. The van der Waals surface area contributed by atoms with Crippen LogP contribution in [-0.4, -0.2) is 73.3 Å². The Bertz CT molecular complexity index is 867. The number of rotatable bonds is 3. The summed E-state index contributed by atoms with van der Waals surface area (Å²) in [5.41, 5.74) is 3.99. The first kappa shape index (κ1) is 19.6. The molecule has 0 atom stereocenters. The van der Waals surface area contributed by atoms with E-state index in [2.05, 4.69) is 20.9 Å². The number of nitrogens with zero attached hydrogens (tertiary/aromatic N) is 5. The van der Waals surface area contributed by atoms with E-state index in [0.717, 1.165) is 60.3 Å². The second-order valence-corrected chi connectivity index (χ2v) is 7.92. The molecule has 2 fully saturated rings. The van der Waals surface area contributed by atoms with Crippen LogP contribution in [0.2, 0.25) is 0 Å². The molecule has 154 valence electrons. The molecule has 2 aliphatic rings. The maximum Gasteiger partial charge on any atom is 0.253 e. The van der Waals surface area contributed by atoms with E-state index >= 15 is 0 Å². The molecule has 3 heterocycles. The summed E-state index contributed by atoms with van der Waals surface area (Å²) in [5, 5.41) is 0. The van der Waals surface area contributed by atoms with Crippen molar-refractivity contribution in [2.24, 2.45) is 0 Å². The van der Waals surface area contributed by atoms with Crippen molar-refractivity contribution < 1.29 is 9.53 Å². The summed E-state index contributed by atoms with van der Waals surface area (Å²) in [6, 6.07) is 8.08. The quantitative estimate of drug-likeness (QED) is 0.794. The monoisotopic (exact) mass is 395 g/mol. The minimum Gasteiger partial charge on any atom is -0.378 e. The molecule has 0 N–H and O–H groups in total. The molecule has 0 unspecified atom stereocenters. The predicted molar refractivity (Wildman–Crippen MR) is 114 cm³/mol. The van der Waals surface area contributed by atoms with Gasteiger partial charge in [0.2, 0.25) is 5.95 Å². The number of amides is 1. The van der Waals surface area contributed by atoms with Crippen LogP contribution in [0.1, 0.15) is 27.2 Å². The number of aryl methyl sites for hydroxylation is 3. The molecule has 0 bridgehead atoms. The Morgan fingerprint density at radius 3 is 2.14 bits per heavy atom. The fraction of sp³-hybridized carbons (Fsp3) is 0.500. The maximum absolute atomic E-state index is 12.9. The molecule has 0 radical (unpaired) electrons. The highest BCUT2D eigenvalue weighted by atomic mass is 16.5. The smallest absolute Gasteiger partial charge is 0.253 e. The molecule has 2 aliphatic heterocycles. The number of hydrogen-bond donors (Lipinski definition) is 0. The van der Waals surface area contributed by atoms with Crippen molar-refractivity contribution in [3.05, 3.63) is 46.6 Å². The molecule has 2 saturated heterocycles. The second kappa shape index (κ2) is 8.37. The summed E-state index contributed by atoms with van der Waals surface area (Å²) >= 11 is 0. The van der Waals surface area contributed by atoms with Crippen molar-refractivity contribution in [1.29, 1.82) is 0 Å². The third-order valence-electron chi connectivity index (χ3n) is 5.48. The Balaban J connectivity index is 1.44. The van der Waals surface area contributed by atoms with E-state index in [-0.39, 0.29) is 5.91 Å². The first-order valence-electron chi connectivity index (χ1n) is 10.3. The van der Waals surface area contributed by atoms with Gasteiger partial charge in [-0.05, 0) is 32.9 Å². The average molecular weight is 396 g/mol. The summed E-state index contributed by atoms with van der Waals surface area (Å²) < 4.78 is 5.44. The van der Waals surface area contributed by atoms with Gasteiger partial charge in [-0.1, -0.05) is 17.2 Å². The van der Waals surface area contributed by atoms with Crippen LogP contribution in [0.3, 0.4) is 0 Å². The van der Waals surface area contributed by atoms with Gasteiger partial charge in [0.05, 0.1) is 13.2 Å². The zero-order valence-corrected chi connectivity index (χ0v) is 17.5. The van der Waals surface area contributed by atoms with Crippen molar-refractivity contribution in [3.8, 4) is 0 Å². The second-order valence-electron chi connectivity index (χ2n) is 7.92. The van der Waals surface area contributed by atoms with Gasteiger partial charge in [0, 0.05) is 56.6 Å². The van der Waals surface area contributed by atoms with Gasteiger partial charge in [-0.3, -0.25) is 4.79 Å². The van der Waals surface area contributed by atoms with E-state index in [4.69, 9.17) is 9.72 Å². The van der Waals surface area contributed by atoms with Gasteiger partial charge < -0.3 is 19.4 Å². The van der Waals surface area contributed by atoms with E-state index in [1.54, 1.807) is 0 Å². The van der Waals surface area contributed by atoms with Gasteiger partial charge in [0.1, 0.15) is 5.82 Å². The predicted octanol–water partition coefficient (Wildman–Crippen LogP) is 2.20. The Morgan fingerprint density at radius 2 is 1.48 bits per heavy atom. The molecule has 2 aromatic rings. The molecular weight excluding hydrogens is 366 g/mol. The highest BCUT2D eigenvalue weighted by Crippen LogP contribution is 2.21. The molecule has 1 amide bonds. The average Bonchev–Trinajstić information content (AvgIpc) is 2.73. The van der Waals surface area contributed by atoms with Crippen molar-refractivity contribution in [2.45, 2.75) is 20.8 Å². The van der Waals surface area contributed by atoms with Crippen molar-refractivity contribution in [2.75, 3.05) is 62.3 Å². The topological polar surface area (TPSA) is 61.8 Å². The Labute approximate surface area is 172 Å². The van der Waals surface area contributed by atoms with E-state index in [0.29, 0.717) is 26.3 Å². The number of hydrogen-bond acceptors (Lipinski definition) is 6. The van der Waals surface area contributed by atoms with Gasteiger partial charge in [-0.15, -0.1) is 0 Å². The van der Waals surface area contributed by atoms with Gasteiger partial charge in [0.25, 0.3) is 5.91 Å². The van der Waals surface area contributed by atoms with Gasteiger partial charge in [-0.2, -0.15) is 4.98 Å². The van der Waals surface area contributed by atoms with E-state index < -0.39 is 0 Å². The van der Waals surface area contributed by atoms with Crippen molar-refractivity contribution in [3.63, 3.8) is 0 Å². The first-order chi connectivity index (χ1) is 14.0. The summed E-state index contributed by atoms with van der Waals surface area (Å²) in [5.74, 6) is 1.83. The lowest BCUT2D eigenvalue weighted by molar-refractivity contribution is 0.0746. The largest absolute Gasteiger partial charge is 0.378 e. The highest BCUT2D eigenvalue weighted by Gasteiger charge is 2.24. The fourth-order valence-electron chi connectivity index (χ4n) is 4.02. The van der Waals surface area contributed by atoms with E-state index in [1.807, 2.05) is 43.9 Å². The van der Waals surface area contributed by atoms with Gasteiger partial charge in [-0.25, -0.2) is 4.98 Å². The summed E-state index contributed by atoms with van der Waals surface area (Å²) in [6.07, 6.45) is 0. The summed E-state index contributed by atoms with van der Waals surface area (Å²) in [4.78, 5) is 28.7. The molecule has 0 saturated carbocycles. The summed E-state index contributed by atoms with van der Waals surface area (Å²) in [7, 11) is 0. The van der Waals surface area contributed by atoms with Crippen LogP contribution in [0.25, 0.3) is 0 Å². The molecule has 0 spiro atoms. The lowest BCUT2D eigenvalue weighted by Crippen LogP contribution is -2.49. The number of anilines is 2. The van der Waals surface area contributed by atoms with Crippen LogP contribution >= 0.6 is 0 Å². The van der Waals surface area contributed by atoms with Gasteiger partial charge >= 0.3 is 0 Å². The number of morpholine rings is 1. The van der Waals surface area contributed by atoms with Crippen LogP contribution in [0.5, 0.6) is 0 Å². The molecule has 29 heavy (non-hydrogen) atoms. The highest BCUT2D eigenvalue weighted by molar-refractivity contribution is 5.94. The van der Waals surface area contributed by atoms with E-state index in [1.165, 1.54) is 0 Å². The fourth-order valence-corrected chi connectivity index (χ4v) is 4.02. The zero-order chi connectivity index (χ0) is 20.4. The lowest BCUT2D eigenvalue weighted by Gasteiger charge is -2.36. The van der Waals surface area contributed by atoms with Crippen LogP contribution in [-0.2, 0) is 4.74 Å². The van der Waals surface area contributed by atoms with Crippen LogP contribution in [0.15, 0.2) is 24.3 Å². The third-order valence-corrected chi connectivity index (χ3v) is 5.48. The third kappa shape index (κ3) is 4.50. The summed E-state index contributed by atoms with van der Waals surface area (Å²) in [6.45, 7) is 12.1. The van der Waals surface area contributed by atoms with Crippen LogP contribution < -0.4 is 9.80 Å². The number of ether oxygens (including phenoxy) is 1. The van der Waals surface area contributed by atoms with Crippen LogP contribution in [0, 0.1) is 20.8 Å². The standard InChI is InChI=1S/C22H29N5O2/c1-16-12-17(2)14-19(13-16)21(28)26-6-4-25(5-7-26)20-15-18(3)23-22(24-20)27-8-10-29-11-9-27/h12-15H,4-11H2,1-3H3. The Kier molecular flexibility index (Phi) is 5.67. The van der Waals surface area contributed by atoms with Crippen molar-refractivity contribution in [1.82, 2.24) is 14.9 Å². The lowest BCUT2D eigenvalue weighted by atomic mass is 10.1. The zero-order valence-electron chi connectivity index (χ0n) is 17.5. The van der Waals surface area contributed by atoms with E-state index in [9.17, 15) is 4.79 Å². The maximum atomic E-state index is 12.9. The SMILES string of the molecule is Cc1cc(C)cc(C(=O)N2CCN(c3cc(C)nc(N4CCOCC4)n3)CC2)c1.